The van der Waals surface area contributed by atoms with Crippen molar-refractivity contribution in [3.63, 3.8) is 0 Å². The summed E-state index contributed by atoms with van der Waals surface area (Å²) >= 11 is 0. The van der Waals surface area contributed by atoms with Gasteiger partial charge in [0.05, 0.1) is 11.7 Å². The van der Waals surface area contributed by atoms with Crippen molar-refractivity contribution in [3.05, 3.63) is 83.3 Å². The first-order valence-electron chi connectivity index (χ1n) is 13.2. The number of hydrogen-bond donors (Lipinski definition) is 1. The third-order valence-corrected chi connectivity index (χ3v) is 8.08. The molecule has 2 aliphatic heterocycles. The van der Waals surface area contributed by atoms with Crippen molar-refractivity contribution in [1.29, 1.82) is 0 Å². The number of nitrogens with zero attached hydrogens (tertiary/aromatic N) is 5. The van der Waals surface area contributed by atoms with Crippen LogP contribution < -0.4 is 15.1 Å². The average Bonchev–Trinajstić information content (AvgIpc) is 2.93. The molecule has 1 N–H and O–H groups in total. The molecule has 1 fully saturated rings. The first-order valence-corrected chi connectivity index (χ1v) is 13.2. The summed E-state index contributed by atoms with van der Waals surface area (Å²) < 4.78 is 0. The maximum absolute atomic E-state index is 4.78. The number of anilines is 2. The summed E-state index contributed by atoms with van der Waals surface area (Å²) in [6.45, 7) is 6.10. The molecule has 35 heavy (non-hydrogen) atoms. The normalized spacial score (nSPS) is 22.1. The van der Waals surface area contributed by atoms with Crippen LogP contribution in [0, 0.1) is 0 Å². The Kier molecular flexibility index (Phi) is 6.40. The van der Waals surface area contributed by atoms with Gasteiger partial charge in [0.2, 0.25) is 0 Å². The lowest BCUT2D eigenvalue weighted by Gasteiger charge is -2.40. The zero-order valence-corrected chi connectivity index (χ0v) is 20.7. The fraction of sp³-hybridized carbons (Fsp3) is 0.448. The van der Waals surface area contributed by atoms with E-state index in [0.29, 0.717) is 12.1 Å². The quantitative estimate of drug-likeness (QED) is 0.614. The summed E-state index contributed by atoms with van der Waals surface area (Å²) in [7, 11) is 2.29. The Bertz CT molecular complexity index is 1140. The lowest BCUT2D eigenvalue weighted by atomic mass is 9.89. The van der Waals surface area contributed by atoms with Crippen LogP contribution in [0.3, 0.4) is 0 Å². The van der Waals surface area contributed by atoms with E-state index in [1.54, 1.807) is 0 Å². The second-order valence-corrected chi connectivity index (χ2v) is 10.3. The molecule has 182 valence electrons. The van der Waals surface area contributed by atoms with Crippen molar-refractivity contribution >= 4 is 11.5 Å². The molecule has 0 saturated carbocycles. The van der Waals surface area contributed by atoms with E-state index in [9.17, 15) is 0 Å². The average molecular weight is 469 g/mol. The third-order valence-electron chi connectivity index (χ3n) is 8.08. The van der Waals surface area contributed by atoms with E-state index in [1.165, 1.54) is 47.3 Å². The highest BCUT2D eigenvalue weighted by Gasteiger charge is 2.29. The van der Waals surface area contributed by atoms with E-state index >= 15 is 0 Å². The van der Waals surface area contributed by atoms with Crippen LogP contribution in [0.15, 0.2) is 60.9 Å². The summed E-state index contributed by atoms with van der Waals surface area (Å²) in [6.07, 6.45) is 8.55. The van der Waals surface area contributed by atoms with Crippen molar-refractivity contribution in [1.82, 2.24) is 20.2 Å². The molecule has 6 nitrogen and oxygen atoms in total. The molecule has 6 heteroatoms. The lowest BCUT2D eigenvalue weighted by Crippen LogP contribution is -2.48. The number of aromatic nitrogens is 2. The Morgan fingerprint density at radius 1 is 0.914 bits per heavy atom. The molecule has 1 aliphatic carbocycles. The molecular weight excluding hydrogens is 432 g/mol. The molecule has 4 heterocycles. The standard InChI is InChI=1S/C29H36N6/c1-33(27-11-4-7-22-9-6-14-31-29(22)27)21-24-19-25-23(20-32-24)8-5-10-26(25)34-15-17-35(18-16-34)28-12-2-3-13-30-28/h2-3,5-6,8-10,12-14,24,27,32H,4,7,11,15-21H2,1H3/t24-,27-/m0/s1. The molecule has 6 rings (SSSR count). The van der Waals surface area contributed by atoms with E-state index in [4.69, 9.17) is 4.98 Å². The Balaban J connectivity index is 1.14. The van der Waals surface area contributed by atoms with Crippen LogP contribution in [0.25, 0.3) is 0 Å². The van der Waals surface area contributed by atoms with Gasteiger partial charge < -0.3 is 15.1 Å². The van der Waals surface area contributed by atoms with E-state index in [0.717, 1.165) is 51.5 Å². The fourth-order valence-corrected chi connectivity index (χ4v) is 6.23. The monoisotopic (exact) mass is 468 g/mol. The minimum absolute atomic E-state index is 0.429. The first kappa shape index (κ1) is 22.5. The predicted molar refractivity (Wildman–Crippen MR) is 142 cm³/mol. The van der Waals surface area contributed by atoms with E-state index in [-0.39, 0.29) is 0 Å². The van der Waals surface area contributed by atoms with Gasteiger partial charge in [-0.15, -0.1) is 0 Å². The maximum atomic E-state index is 4.78. The summed E-state index contributed by atoms with van der Waals surface area (Å²) in [4.78, 5) is 16.9. The number of rotatable bonds is 5. The number of fused-ring (bicyclic) bond motifs is 2. The van der Waals surface area contributed by atoms with Crippen LogP contribution >= 0.6 is 0 Å². The molecule has 2 atom stereocenters. The van der Waals surface area contributed by atoms with Crippen LogP contribution in [-0.2, 0) is 19.4 Å². The van der Waals surface area contributed by atoms with Gasteiger partial charge in [0.25, 0.3) is 0 Å². The van der Waals surface area contributed by atoms with Gasteiger partial charge in [-0.3, -0.25) is 9.88 Å². The number of hydrogen-bond acceptors (Lipinski definition) is 6. The highest BCUT2D eigenvalue weighted by molar-refractivity contribution is 5.59. The molecule has 0 spiro atoms. The second-order valence-electron chi connectivity index (χ2n) is 10.3. The van der Waals surface area contributed by atoms with Gasteiger partial charge in [-0.2, -0.15) is 0 Å². The minimum atomic E-state index is 0.429. The first-order chi connectivity index (χ1) is 17.3. The topological polar surface area (TPSA) is 47.5 Å². The van der Waals surface area contributed by atoms with Crippen LogP contribution in [0.2, 0.25) is 0 Å². The van der Waals surface area contributed by atoms with Crippen molar-refractivity contribution in [3.8, 4) is 0 Å². The molecular formula is C29H36N6. The minimum Gasteiger partial charge on any atom is -0.368 e. The Labute approximate surface area is 209 Å². The molecule has 0 amide bonds. The molecule has 3 aliphatic rings. The Morgan fingerprint density at radius 3 is 2.60 bits per heavy atom. The number of nitrogens with one attached hydrogen (secondary N) is 1. The van der Waals surface area contributed by atoms with Gasteiger partial charge in [0.15, 0.2) is 0 Å². The maximum Gasteiger partial charge on any atom is 0.128 e. The number of piperazine rings is 1. The summed E-state index contributed by atoms with van der Waals surface area (Å²) in [6, 6.07) is 18.3. The summed E-state index contributed by atoms with van der Waals surface area (Å²) in [5, 5.41) is 3.83. The molecule has 0 unspecified atom stereocenters. The van der Waals surface area contributed by atoms with Crippen LogP contribution in [0.4, 0.5) is 11.5 Å². The van der Waals surface area contributed by atoms with Crippen LogP contribution in [0.1, 0.15) is 41.3 Å². The van der Waals surface area contributed by atoms with Gasteiger partial charge in [-0.25, -0.2) is 4.98 Å². The zero-order chi connectivity index (χ0) is 23.6. The van der Waals surface area contributed by atoms with E-state index < -0.39 is 0 Å². The smallest absolute Gasteiger partial charge is 0.128 e. The predicted octanol–water partition coefficient (Wildman–Crippen LogP) is 3.83. The largest absolute Gasteiger partial charge is 0.368 e. The van der Waals surface area contributed by atoms with Crippen LogP contribution in [-0.4, -0.2) is 60.7 Å². The molecule has 3 aromatic rings. The molecule has 0 radical (unpaired) electrons. The summed E-state index contributed by atoms with van der Waals surface area (Å²) in [5.41, 5.74) is 7.16. The number of aryl methyl sites for hydroxylation is 1. The highest BCUT2D eigenvalue weighted by Crippen LogP contribution is 2.34. The van der Waals surface area contributed by atoms with Crippen molar-refractivity contribution in [2.75, 3.05) is 49.6 Å². The number of pyridine rings is 2. The molecule has 1 aromatic carbocycles. The van der Waals surface area contributed by atoms with E-state index in [1.807, 2.05) is 18.5 Å². The van der Waals surface area contributed by atoms with Gasteiger partial charge in [-0.05, 0) is 73.7 Å². The van der Waals surface area contributed by atoms with Gasteiger partial charge >= 0.3 is 0 Å². The summed E-state index contributed by atoms with van der Waals surface area (Å²) in [5.74, 6) is 1.09. The van der Waals surface area contributed by atoms with Gasteiger partial charge in [0, 0.05) is 63.4 Å². The van der Waals surface area contributed by atoms with Crippen molar-refractivity contribution in [2.24, 2.45) is 0 Å². The number of benzene rings is 1. The highest BCUT2D eigenvalue weighted by atomic mass is 15.3. The molecule has 2 aromatic heterocycles. The van der Waals surface area contributed by atoms with Crippen molar-refractivity contribution < 1.29 is 0 Å². The van der Waals surface area contributed by atoms with Crippen LogP contribution in [0.5, 0.6) is 0 Å². The molecule has 1 saturated heterocycles. The van der Waals surface area contributed by atoms with Crippen molar-refractivity contribution in [2.45, 2.75) is 44.3 Å². The number of likely N-dealkylation sites (N-methyl/N-ethyl adjacent to an activating group) is 1. The Morgan fingerprint density at radius 2 is 1.74 bits per heavy atom. The molecule has 0 bridgehead atoms. The zero-order valence-electron chi connectivity index (χ0n) is 20.7. The SMILES string of the molecule is CN(C[C@@H]1Cc2c(cccc2N2CCN(c3ccccn3)CC2)CN1)[C@H]1CCCc2cccnc21. The lowest BCUT2D eigenvalue weighted by molar-refractivity contribution is 0.191. The van der Waals surface area contributed by atoms with E-state index in [2.05, 4.69) is 74.5 Å². The van der Waals surface area contributed by atoms with Gasteiger partial charge in [0.1, 0.15) is 5.82 Å². The third kappa shape index (κ3) is 4.65. The fourth-order valence-electron chi connectivity index (χ4n) is 6.23. The van der Waals surface area contributed by atoms with Gasteiger partial charge in [-0.1, -0.05) is 24.3 Å². The second kappa shape index (κ2) is 9.96. The Hall–Kier alpha value is -2.96.